The van der Waals surface area contributed by atoms with Gasteiger partial charge in [0.2, 0.25) is 0 Å². The lowest BCUT2D eigenvalue weighted by Crippen LogP contribution is -2.03. The molecule has 0 aliphatic rings. The van der Waals surface area contributed by atoms with Crippen LogP contribution in [0.2, 0.25) is 0 Å². The van der Waals surface area contributed by atoms with Crippen LogP contribution in [-0.2, 0) is 6.42 Å². The first-order chi connectivity index (χ1) is 13.8. The van der Waals surface area contributed by atoms with Crippen molar-refractivity contribution in [2.45, 2.75) is 53.9 Å². The molecule has 0 aliphatic heterocycles. The second-order valence-electron chi connectivity index (χ2n) is 9.04. The molecule has 0 atom stereocenters. The molecule has 0 amide bonds. The van der Waals surface area contributed by atoms with Gasteiger partial charge in [0.25, 0.3) is 0 Å². The van der Waals surface area contributed by atoms with Crippen molar-refractivity contribution in [3.8, 4) is 11.3 Å². The van der Waals surface area contributed by atoms with Crippen LogP contribution < -0.4 is 0 Å². The first-order valence-electron chi connectivity index (χ1n) is 10.6. The van der Waals surface area contributed by atoms with Gasteiger partial charge in [-0.2, -0.15) is 0 Å². The van der Waals surface area contributed by atoms with E-state index in [1.165, 1.54) is 33.0 Å². The summed E-state index contributed by atoms with van der Waals surface area (Å²) in [5.74, 6) is 1.79. The standard InChI is InChI=1S/C27H30N2/c1-16(2)12-21-9-7-8-20-10-11-23-25(22-14-18(5)13-19(6)15-22)28-27(17(3)4)29-26(23)24(20)21/h7-11,13-17H,12H2,1-6H3. The molecule has 0 saturated carbocycles. The van der Waals surface area contributed by atoms with E-state index < -0.39 is 0 Å². The Balaban J connectivity index is 2.13. The van der Waals surface area contributed by atoms with E-state index in [0.29, 0.717) is 5.92 Å². The third-order valence-corrected chi connectivity index (χ3v) is 5.45. The Labute approximate surface area is 174 Å². The zero-order valence-electron chi connectivity index (χ0n) is 18.4. The van der Waals surface area contributed by atoms with Crippen LogP contribution in [0.4, 0.5) is 0 Å². The highest BCUT2D eigenvalue weighted by molar-refractivity contribution is 6.10. The number of nitrogens with zero attached hydrogens (tertiary/aromatic N) is 2. The molecular weight excluding hydrogens is 352 g/mol. The summed E-state index contributed by atoms with van der Waals surface area (Å²) in [5, 5.41) is 3.69. The summed E-state index contributed by atoms with van der Waals surface area (Å²) in [6.07, 6.45) is 1.05. The summed E-state index contributed by atoms with van der Waals surface area (Å²) in [4.78, 5) is 10.1. The van der Waals surface area contributed by atoms with Gasteiger partial charge in [0.1, 0.15) is 5.82 Å². The van der Waals surface area contributed by atoms with Crippen molar-refractivity contribution in [1.82, 2.24) is 9.97 Å². The Morgan fingerprint density at radius 2 is 1.55 bits per heavy atom. The van der Waals surface area contributed by atoms with Gasteiger partial charge in [0, 0.05) is 22.3 Å². The van der Waals surface area contributed by atoms with Gasteiger partial charge in [0.05, 0.1) is 11.2 Å². The SMILES string of the molecule is Cc1cc(C)cc(-c2nc(C(C)C)nc3c2ccc2cccc(CC(C)C)c23)c1. The molecule has 1 heterocycles. The van der Waals surface area contributed by atoms with Crippen LogP contribution in [0, 0.1) is 19.8 Å². The van der Waals surface area contributed by atoms with Crippen molar-refractivity contribution in [2.75, 3.05) is 0 Å². The van der Waals surface area contributed by atoms with Gasteiger partial charge >= 0.3 is 0 Å². The predicted octanol–water partition coefficient (Wildman–Crippen LogP) is 7.39. The molecule has 0 unspecified atom stereocenters. The van der Waals surface area contributed by atoms with Crippen molar-refractivity contribution >= 4 is 21.7 Å². The molecule has 3 aromatic carbocycles. The van der Waals surface area contributed by atoms with Crippen molar-refractivity contribution in [2.24, 2.45) is 5.92 Å². The molecule has 4 rings (SSSR count). The number of aromatic nitrogens is 2. The summed E-state index contributed by atoms with van der Waals surface area (Å²) in [6, 6.07) is 17.8. The highest BCUT2D eigenvalue weighted by atomic mass is 14.9. The van der Waals surface area contributed by atoms with Crippen molar-refractivity contribution < 1.29 is 0 Å². The molecule has 0 bridgehead atoms. The lowest BCUT2D eigenvalue weighted by Gasteiger charge is -2.16. The van der Waals surface area contributed by atoms with E-state index in [4.69, 9.17) is 9.97 Å². The highest BCUT2D eigenvalue weighted by Gasteiger charge is 2.16. The summed E-state index contributed by atoms with van der Waals surface area (Å²) >= 11 is 0. The van der Waals surface area contributed by atoms with E-state index in [0.717, 1.165) is 28.8 Å². The monoisotopic (exact) mass is 382 g/mol. The lowest BCUT2D eigenvalue weighted by atomic mass is 9.93. The zero-order chi connectivity index (χ0) is 20.7. The lowest BCUT2D eigenvalue weighted by molar-refractivity contribution is 0.650. The van der Waals surface area contributed by atoms with Gasteiger partial charge < -0.3 is 0 Å². The minimum Gasteiger partial charge on any atom is -0.232 e. The maximum Gasteiger partial charge on any atom is 0.132 e. The normalized spacial score (nSPS) is 11.9. The Hall–Kier alpha value is -2.74. The van der Waals surface area contributed by atoms with Crippen molar-refractivity contribution in [3.05, 3.63) is 71.0 Å². The zero-order valence-corrected chi connectivity index (χ0v) is 18.4. The fourth-order valence-corrected chi connectivity index (χ4v) is 4.26. The Bertz CT molecular complexity index is 1180. The molecular formula is C27H30N2. The van der Waals surface area contributed by atoms with Crippen molar-refractivity contribution in [1.29, 1.82) is 0 Å². The minimum absolute atomic E-state index is 0.275. The van der Waals surface area contributed by atoms with Gasteiger partial charge in [0.15, 0.2) is 0 Å². The van der Waals surface area contributed by atoms with Gasteiger partial charge in [-0.05, 0) is 55.3 Å². The molecule has 2 heteroatoms. The number of hydrogen-bond acceptors (Lipinski definition) is 2. The van der Waals surface area contributed by atoms with Crippen LogP contribution in [0.25, 0.3) is 32.9 Å². The molecule has 148 valence electrons. The molecule has 0 radical (unpaired) electrons. The third kappa shape index (κ3) is 3.76. The van der Waals surface area contributed by atoms with Gasteiger partial charge in [-0.3, -0.25) is 0 Å². The average molecular weight is 383 g/mol. The molecule has 29 heavy (non-hydrogen) atoms. The van der Waals surface area contributed by atoms with Crippen LogP contribution >= 0.6 is 0 Å². The molecule has 0 saturated heterocycles. The maximum absolute atomic E-state index is 5.09. The van der Waals surface area contributed by atoms with Crippen LogP contribution in [0.1, 0.15) is 56.1 Å². The number of hydrogen-bond donors (Lipinski definition) is 0. The van der Waals surface area contributed by atoms with E-state index in [2.05, 4.69) is 90.1 Å². The molecule has 0 spiro atoms. The van der Waals surface area contributed by atoms with Gasteiger partial charge in [-0.25, -0.2) is 9.97 Å². The number of fused-ring (bicyclic) bond motifs is 3. The minimum atomic E-state index is 0.275. The predicted molar refractivity (Wildman–Crippen MR) is 125 cm³/mol. The average Bonchev–Trinajstić information content (AvgIpc) is 2.65. The molecule has 2 nitrogen and oxygen atoms in total. The van der Waals surface area contributed by atoms with E-state index in [1.807, 2.05) is 0 Å². The first-order valence-corrected chi connectivity index (χ1v) is 10.6. The number of aryl methyl sites for hydroxylation is 2. The van der Waals surface area contributed by atoms with Gasteiger partial charge in [-0.15, -0.1) is 0 Å². The largest absolute Gasteiger partial charge is 0.232 e. The molecule has 0 N–H and O–H groups in total. The highest BCUT2D eigenvalue weighted by Crippen LogP contribution is 2.35. The fourth-order valence-electron chi connectivity index (χ4n) is 4.26. The summed E-state index contributed by atoms with van der Waals surface area (Å²) in [7, 11) is 0. The Morgan fingerprint density at radius 3 is 2.21 bits per heavy atom. The third-order valence-electron chi connectivity index (χ3n) is 5.45. The second kappa shape index (κ2) is 7.59. The van der Waals surface area contributed by atoms with E-state index >= 15 is 0 Å². The van der Waals surface area contributed by atoms with Crippen LogP contribution in [0.15, 0.2) is 48.5 Å². The first kappa shape index (κ1) is 19.6. The Morgan fingerprint density at radius 1 is 0.828 bits per heavy atom. The molecule has 4 aromatic rings. The number of rotatable bonds is 4. The fraction of sp³-hybridized carbons (Fsp3) is 0.333. The van der Waals surface area contributed by atoms with Gasteiger partial charge in [-0.1, -0.05) is 69.2 Å². The molecule has 0 aliphatic carbocycles. The van der Waals surface area contributed by atoms with E-state index in [9.17, 15) is 0 Å². The van der Waals surface area contributed by atoms with Crippen LogP contribution in [-0.4, -0.2) is 9.97 Å². The van der Waals surface area contributed by atoms with E-state index in [-0.39, 0.29) is 5.92 Å². The second-order valence-corrected chi connectivity index (χ2v) is 9.04. The quantitative estimate of drug-likeness (QED) is 0.344. The molecule has 1 aromatic heterocycles. The summed E-state index contributed by atoms with van der Waals surface area (Å²) in [5.41, 5.74) is 7.22. The van der Waals surface area contributed by atoms with Crippen LogP contribution in [0.5, 0.6) is 0 Å². The molecule has 0 fully saturated rings. The summed E-state index contributed by atoms with van der Waals surface area (Å²) < 4.78 is 0. The smallest absolute Gasteiger partial charge is 0.132 e. The topological polar surface area (TPSA) is 25.8 Å². The van der Waals surface area contributed by atoms with Crippen LogP contribution in [0.3, 0.4) is 0 Å². The van der Waals surface area contributed by atoms with E-state index in [1.54, 1.807) is 0 Å². The maximum atomic E-state index is 5.09. The Kier molecular flexibility index (Phi) is 5.12. The summed E-state index contributed by atoms with van der Waals surface area (Å²) in [6.45, 7) is 13.2. The number of benzene rings is 3. The van der Waals surface area contributed by atoms with Crippen molar-refractivity contribution in [3.63, 3.8) is 0 Å².